The Bertz CT molecular complexity index is 663. The van der Waals surface area contributed by atoms with Gasteiger partial charge in [0.05, 0.1) is 5.41 Å². The second-order valence-corrected chi connectivity index (χ2v) is 10.5. The van der Waals surface area contributed by atoms with Crippen LogP contribution in [0.5, 0.6) is 0 Å². The molecule has 0 unspecified atom stereocenters. The minimum atomic E-state index is 0.0384. The largest absolute Gasteiger partial charge is 0.342 e. The number of imidazole rings is 1. The quantitative estimate of drug-likeness (QED) is 0.786. The normalized spacial score (nSPS) is 36.0. The lowest BCUT2D eigenvalue weighted by Crippen LogP contribution is -2.55. The van der Waals surface area contributed by atoms with E-state index >= 15 is 0 Å². The number of hydrogen-bond donors (Lipinski definition) is 0. The summed E-state index contributed by atoms with van der Waals surface area (Å²) in [6, 6.07) is 0. The van der Waals surface area contributed by atoms with Crippen molar-refractivity contribution < 1.29 is 4.79 Å². The molecular formula is C23H35N3O. The van der Waals surface area contributed by atoms with Crippen molar-refractivity contribution in [2.24, 2.45) is 29.1 Å². The molecule has 0 atom stereocenters. The molecular weight excluding hydrogens is 334 g/mol. The highest BCUT2D eigenvalue weighted by atomic mass is 16.2. The zero-order chi connectivity index (χ0) is 18.6. The summed E-state index contributed by atoms with van der Waals surface area (Å²) in [6.45, 7) is 7.43. The Balaban J connectivity index is 1.21. The molecule has 0 aromatic carbocycles. The summed E-state index contributed by atoms with van der Waals surface area (Å²) in [4.78, 5) is 20.3. The maximum atomic E-state index is 13.5. The van der Waals surface area contributed by atoms with Gasteiger partial charge in [-0.1, -0.05) is 13.8 Å². The molecule has 2 heterocycles. The molecule has 4 heteroatoms. The summed E-state index contributed by atoms with van der Waals surface area (Å²) < 4.78 is 2.34. The summed E-state index contributed by atoms with van der Waals surface area (Å²) in [5, 5.41) is 0. The first kappa shape index (κ1) is 17.8. The molecule has 4 saturated carbocycles. The summed E-state index contributed by atoms with van der Waals surface area (Å²) in [5.41, 5.74) is 0.0384. The molecule has 6 rings (SSSR count). The first-order valence-electron chi connectivity index (χ1n) is 11.3. The number of aromatic nitrogens is 2. The molecule has 0 radical (unpaired) electrons. The molecule has 148 valence electrons. The lowest BCUT2D eigenvalue weighted by molar-refractivity contribution is -0.159. The maximum Gasteiger partial charge on any atom is 0.228 e. The molecule has 4 aliphatic carbocycles. The summed E-state index contributed by atoms with van der Waals surface area (Å²) in [5.74, 6) is 5.44. The van der Waals surface area contributed by atoms with Crippen molar-refractivity contribution in [3.8, 4) is 0 Å². The standard InChI is InChI=1S/C23H35N3O/c1-16(2)21-24-5-8-26(21)15-17-3-6-25(7-4-17)22(27)23-12-18-9-19(13-23)11-20(10-18)14-23/h5,8,16-20H,3-4,6-7,9-15H2,1-2H3. The van der Waals surface area contributed by atoms with Crippen LogP contribution < -0.4 is 0 Å². The van der Waals surface area contributed by atoms with E-state index in [0.717, 1.165) is 50.2 Å². The van der Waals surface area contributed by atoms with E-state index in [-0.39, 0.29) is 5.41 Å². The molecule has 5 fully saturated rings. The molecule has 1 aliphatic heterocycles. The van der Waals surface area contributed by atoms with Gasteiger partial charge in [-0.3, -0.25) is 4.79 Å². The summed E-state index contributed by atoms with van der Waals surface area (Å²) >= 11 is 0. The highest BCUT2D eigenvalue weighted by Gasteiger charge is 2.55. The summed E-state index contributed by atoms with van der Waals surface area (Å²) in [7, 11) is 0. The minimum Gasteiger partial charge on any atom is -0.342 e. The third-order valence-corrected chi connectivity index (χ3v) is 8.11. The predicted octanol–water partition coefficient (Wildman–Crippen LogP) is 4.46. The number of piperidine rings is 1. The van der Waals surface area contributed by atoms with Crippen LogP contribution in [0, 0.1) is 29.1 Å². The van der Waals surface area contributed by atoms with E-state index in [9.17, 15) is 4.79 Å². The van der Waals surface area contributed by atoms with Gasteiger partial charge in [0.25, 0.3) is 0 Å². The molecule has 27 heavy (non-hydrogen) atoms. The van der Waals surface area contributed by atoms with Crippen molar-refractivity contribution in [3.05, 3.63) is 18.2 Å². The summed E-state index contributed by atoms with van der Waals surface area (Å²) in [6.07, 6.45) is 14.2. The van der Waals surface area contributed by atoms with Gasteiger partial charge in [-0.05, 0) is 75.0 Å². The van der Waals surface area contributed by atoms with Gasteiger partial charge in [-0.2, -0.15) is 0 Å². The van der Waals surface area contributed by atoms with Crippen LogP contribution in [0.15, 0.2) is 12.4 Å². The molecule has 1 saturated heterocycles. The topological polar surface area (TPSA) is 38.1 Å². The number of hydrogen-bond acceptors (Lipinski definition) is 2. The van der Waals surface area contributed by atoms with Crippen LogP contribution in [-0.2, 0) is 11.3 Å². The Morgan fingerprint density at radius 3 is 2.26 bits per heavy atom. The molecule has 1 aromatic rings. The fraction of sp³-hybridized carbons (Fsp3) is 0.826. The second kappa shape index (κ2) is 6.63. The van der Waals surface area contributed by atoms with Crippen molar-refractivity contribution in [2.75, 3.05) is 13.1 Å². The van der Waals surface area contributed by atoms with Gasteiger partial charge < -0.3 is 9.47 Å². The van der Waals surface area contributed by atoms with Crippen molar-refractivity contribution >= 4 is 5.91 Å². The smallest absolute Gasteiger partial charge is 0.228 e. The Morgan fingerprint density at radius 1 is 1.11 bits per heavy atom. The number of likely N-dealkylation sites (tertiary alicyclic amines) is 1. The molecule has 1 amide bonds. The van der Waals surface area contributed by atoms with Crippen molar-refractivity contribution in [1.82, 2.24) is 14.5 Å². The highest BCUT2D eigenvalue weighted by Crippen LogP contribution is 2.60. The highest BCUT2D eigenvalue weighted by molar-refractivity contribution is 5.83. The number of rotatable bonds is 4. The van der Waals surface area contributed by atoms with Gasteiger partial charge in [0.15, 0.2) is 0 Å². The number of carbonyl (C=O) groups excluding carboxylic acids is 1. The third-order valence-electron chi connectivity index (χ3n) is 8.11. The van der Waals surface area contributed by atoms with Gasteiger partial charge >= 0.3 is 0 Å². The Hall–Kier alpha value is -1.32. The Morgan fingerprint density at radius 2 is 1.70 bits per heavy atom. The van der Waals surface area contributed by atoms with Crippen molar-refractivity contribution in [3.63, 3.8) is 0 Å². The SMILES string of the molecule is CC(C)c1nccn1CC1CCN(C(=O)C23CC4CC(CC(C4)C2)C3)CC1. The first-order chi connectivity index (χ1) is 13.0. The predicted molar refractivity (Wildman–Crippen MR) is 106 cm³/mol. The van der Waals surface area contributed by atoms with Crippen LogP contribution in [0.25, 0.3) is 0 Å². The maximum absolute atomic E-state index is 13.5. The zero-order valence-corrected chi connectivity index (χ0v) is 17.1. The lowest BCUT2D eigenvalue weighted by Gasteiger charge is -2.57. The fourth-order valence-electron chi connectivity index (χ4n) is 7.28. The first-order valence-corrected chi connectivity index (χ1v) is 11.3. The van der Waals surface area contributed by atoms with Crippen molar-refractivity contribution in [1.29, 1.82) is 0 Å². The van der Waals surface area contributed by atoms with E-state index in [1.807, 2.05) is 6.20 Å². The fourth-order valence-corrected chi connectivity index (χ4v) is 7.28. The van der Waals surface area contributed by atoms with E-state index in [1.165, 1.54) is 44.3 Å². The van der Waals surface area contributed by atoms with Crippen LogP contribution in [0.1, 0.15) is 77.0 Å². The molecule has 5 aliphatic rings. The number of carbonyl (C=O) groups is 1. The Kier molecular flexibility index (Phi) is 4.36. The average molecular weight is 370 g/mol. The van der Waals surface area contributed by atoms with Crippen LogP contribution in [-0.4, -0.2) is 33.4 Å². The van der Waals surface area contributed by atoms with Gasteiger partial charge in [0, 0.05) is 37.9 Å². The number of amides is 1. The van der Waals surface area contributed by atoms with Gasteiger partial charge in [0.2, 0.25) is 5.91 Å². The third kappa shape index (κ3) is 3.13. The van der Waals surface area contributed by atoms with Crippen LogP contribution >= 0.6 is 0 Å². The average Bonchev–Trinajstić information content (AvgIpc) is 3.09. The van der Waals surface area contributed by atoms with Crippen LogP contribution in [0.3, 0.4) is 0 Å². The molecule has 0 N–H and O–H groups in total. The Labute approximate surface area is 163 Å². The van der Waals surface area contributed by atoms with E-state index in [4.69, 9.17) is 0 Å². The van der Waals surface area contributed by atoms with E-state index in [1.54, 1.807) is 0 Å². The van der Waals surface area contributed by atoms with Gasteiger partial charge in [-0.15, -0.1) is 0 Å². The van der Waals surface area contributed by atoms with Gasteiger partial charge in [0.1, 0.15) is 5.82 Å². The minimum absolute atomic E-state index is 0.0384. The van der Waals surface area contributed by atoms with E-state index in [0.29, 0.717) is 17.7 Å². The molecule has 4 bridgehead atoms. The van der Waals surface area contributed by atoms with Gasteiger partial charge in [-0.25, -0.2) is 4.98 Å². The van der Waals surface area contributed by atoms with E-state index in [2.05, 4.69) is 34.5 Å². The van der Waals surface area contributed by atoms with Crippen LogP contribution in [0.4, 0.5) is 0 Å². The van der Waals surface area contributed by atoms with Crippen molar-refractivity contribution in [2.45, 2.75) is 77.7 Å². The second-order valence-electron chi connectivity index (χ2n) is 10.5. The lowest BCUT2D eigenvalue weighted by atomic mass is 9.49. The number of nitrogens with zero attached hydrogens (tertiary/aromatic N) is 3. The van der Waals surface area contributed by atoms with Crippen LogP contribution in [0.2, 0.25) is 0 Å². The molecule has 1 aromatic heterocycles. The zero-order valence-electron chi connectivity index (χ0n) is 17.1. The monoisotopic (exact) mass is 369 g/mol. The molecule has 4 nitrogen and oxygen atoms in total. The molecule has 0 spiro atoms. The van der Waals surface area contributed by atoms with E-state index < -0.39 is 0 Å².